The lowest BCUT2D eigenvalue weighted by Gasteiger charge is -2.18. The number of carboxylic acid groups (broad SMARTS) is 1. The number of carbonyl (C=O) groups is 2. The Hall–Kier alpha value is -1.30. The van der Waals surface area contributed by atoms with Crippen LogP contribution < -0.4 is 5.32 Å². The molecule has 0 radical (unpaired) electrons. The Bertz CT molecular complexity index is 208. The zero-order chi connectivity index (χ0) is 11.1. The van der Waals surface area contributed by atoms with Gasteiger partial charge in [-0.25, -0.2) is 4.79 Å². The maximum absolute atomic E-state index is 11.3. The summed E-state index contributed by atoms with van der Waals surface area (Å²) in [7, 11) is 3.11. The van der Waals surface area contributed by atoms with E-state index < -0.39 is 18.0 Å². The van der Waals surface area contributed by atoms with Gasteiger partial charge in [0.2, 0.25) is 0 Å². The Morgan fingerprint density at radius 3 is 2.57 bits per heavy atom. The number of carboxylic acids is 1. The predicted molar refractivity (Wildman–Crippen MR) is 50.1 cm³/mol. The van der Waals surface area contributed by atoms with E-state index in [1.807, 2.05) is 0 Å². The number of aliphatic carboxylic acids is 1. The van der Waals surface area contributed by atoms with Gasteiger partial charge in [0.25, 0.3) is 0 Å². The summed E-state index contributed by atoms with van der Waals surface area (Å²) >= 11 is 0. The van der Waals surface area contributed by atoms with Gasteiger partial charge in [0.1, 0.15) is 6.04 Å². The molecule has 0 aromatic heterocycles. The van der Waals surface area contributed by atoms with Crippen LogP contribution in [0.3, 0.4) is 0 Å². The Kier molecular flexibility index (Phi) is 5.62. The number of methoxy groups -OCH3 is 1. The fraction of sp³-hybridized carbons (Fsp3) is 0.750. The van der Waals surface area contributed by atoms with Crippen molar-refractivity contribution in [2.45, 2.75) is 13.0 Å². The van der Waals surface area contributed by atoms with Crippen molar-refractivity contribution in [1.82, 2.24) is 10.2 Å². The second-order valence-electron chi connectivity index (χ2n) is 2.92. The van der Waals surface area contributed by atoms with E-state index in [0.29, 0.717) is 13.2 Å². The van der Waals surface area contributed by atoms with Crippen LogP contribution in [0.2, 0.25) is 0 Å². The Morgan fingerprint density at radius 2 is 2.14 bits per heavy atom. The van der Waals surface area contributed by atoms with Crippen LogP contribution in [0.1, 0.15) is 6.92 Å². The summed E-state index contributed by atoms with van der Waals surface area (Å²) in [6.07, 6.45) is 0. The number of hydrogen-bond donors (Lipinski definition) is 2. The number of ether oxygens (including phenoxy) is 1. The summed E-state index contributed by atoms with van der Waals surface area (Å²) in [6, 6.07) is -1.30. The van der Waals surface area contributed by atoms with Crippen molar-refractivity contribution in [1.29, 1.82) is 0 Å². The number of urea groups is 1. The van der Waals surface area contributed by atoms with Gasteiger partial charge in [0, 0.05) is 20.7 Å². The van der Waals surface area contributed by atoms with Crippen LogP contribution in [-0.2, 0) is 9.53 Å². The first kappa shape index (κ1) is 12.7. The van der Waals surface area contributed by atoms with E-state index in [1.165, 1.54) is 18.9 Å². The number of nitrogens with zero attached hydrogens (tertiary/aromatic N) is 1. The molecule has 1 unspecified atom stereocenters. The molecular weight excluding hydrogens is 188 g/mol. The van der Waals surface area contributed by atoms with Crippen LogP contribution in [-0.4, -0.2) is 55.4 Å². The van der Waals surface area contributed by atoms with Gasteiger partial charge in [-0.2, -0.15) is 0 Å². The van der Waals surface area contributed by atoms with Gasteiger partial charge in [-0.3, -0.25) is 4.79 Å². The molecule has 2 amide bonds. The van der Waals surface area contributed by atoms with Crippen molar-refractivity contribution in [2.75, 3.05) is 27.3 Å². The van der Waals surface area contributed by atoms with Crippen LogP contribution in [0.25, 0.3) is 0 Å². The quantitative estimate of drug-likeness (QED) is 0.647. The SMILES string of the molecule is COCCN(C)C(=O)NC(C)C(=O)O. The molecule has 0 rings (SSSR count). The Morgan fingerprint density at radius 1 is 1.57 bits per heavy atom. The van der Waals surface area contributed by atoms with E-state index in [2.05, 4.69) is 5.32 Å². The lowest BCUT2D eigenvalue weighted by molar-refractivity contribution is -0.138. The highest BCUT2D eigenvalue weighted by atomic mass is 16.5. The van der Waals surface area contributed by atoms with Gasteiger partial charge in [-0.15, -0.1) is 0 Å². The third-order valence-electron chi connectivity index (χ3n) is 1.69. The molecular formula is C8H16N2O4. The maximum atomic E-state index is 11.3. The fourth-order valence-corrected chi connectivity index (χ4v) is 0.687. The van der Waals surface area contributed by atoms with Crippen molar-refractivity contribution in [3.63, 3.8) is 0 Å². The molecule has 0 aliphatic rings. The largest absolute Gasteiger partial charge is 0.480 e. The molecule has 0 saturated heterocycles. The topological polar surface area (TPSA) is 78.9 Å². The fourth-order valence-electron chi connectivity index (χ4n) is 0.687. The molecule has 2 N–H and O–H groups in total. The maximum Gasteiger partial charge on any atom is 0.325 e. The zero-order valence-corrected chi connectivity index (χ0v) is 8.61. The number of hydrogen-bond acceptors (Lipinski definition) is 3. The van der Waals surface area contributed by atoms with Crippen LogP contribution in [0.15, 0.2) is 0 Å². The standard InChI is InChI=1S/C8H16N2O4/c1-6(7(11)12)9-8(13)10(2)4-5-14-3/h6H,4-5H2,1-3H3,(H,9,13)(H,11,12). The number of rotatable bonds is 5. The van der Waals surface area contributed by atoms with E-state index in [-0.39, 0.29) is 0 Å². The van der Waals surface area contributed by atoms with E-state index in [9.17, 15) is 9.59 Å². The summed E-state index contributed by atoms with van der Waals surface area (Å²) in [4.78, 5) is 23.0. The van der Waals surface area contributed by atoms with Crippen molar-refractivity contribution in [2.24, 2.45) is 0 Å². The smallest absolute Gasteiger partial charge is 0.325 e. The Labute approximate surface area is 82.8 Å². The zero-order valence-electron chi connectivity index (χ0n) is 8.61. The van der Waals surface area contributed by atoms with Crippen LogP contribution in [0.5, 0.6) is 0 Å². The van der Waals surface area contributed by atoms with Gasteiger partial charge in [-0.1, -0.05) is 0 Å². The third kappa shape index (κ3) is 4.66. The molecule has 0 saturated carbocycles. The number of nitrogens with one attached hydrogen (secondary N) is 1. The Balaban J connectivity index is 3.88. The van der Waals surface area contributed by atoms with E-state index in [4.69, 9.17) is 9.84 Å². The highest BCUT2D eigenvalue weighted by Gasteiger charge is 2.16. The second-order valence-corrected chi connectivity index (χ2v) is 2.92. The monoisotopic (exact) mass is 204 g/mol. The molecule has 0 aromatic carbocycles. The van der Waals surface area contributed by atoms with Crippen LogP contribution >= 0.6 is 0 Å². The minimum absolute atomic E-state index is 0.419. The highest BCUT2D eigenvalue weighted by molar-refractivity contribution is 5.82. The van der Waals surface area contributed by atoms with E-state index in [1.54, 1.807) is 7.05 Å². The average molecular weight is 204 g/mol. The second kappa shape index (κ2) is 6.20. The van der Waals surface area contributed by atoms with Gasteiger partial charge in [0.05, 0.1) is 6.61 Å². The molecule has 1 atom stereocenters. The molecule has 14 heavy (non-hydrogen) atoms. The molecule has 0 bridgehead atoms. The number of likely N-dealkylation sites (N-methyl/N-ethyl adjacent to an activating group) is 1. The first-order valence-electron chi connectivity index (χ1n) is 4.22. The summed E-state index contributed by atoms with van der Waals surface area (Å²) < 4.78 is 4.78. The molecule has 0 heterocycles. The molecule has 0 fully saturated rings. The first-order chi connectivity index (χ1) is 6.49. The van der Waals surface area contributed by atoms with E-state index in [0.717, 1.165) is 0 Å². The average Bonchev–Trinajstić information content (AvgIpc) is 2.13. The van der Waals surface area contributed by atoms with Crippen molar-refractivity contribution < 1.29 is 19.4 Å². The molecule has 6 nitrogen and oxygen atoms in total. The minimum Gasteiger partial charge on any atom is -0.480 e. The lowest BCUT2D eigenvalue weighted by atomic mass is 10.3. The van der Waals surface area contributed by atoms with Crippen LogP contribution in [0.4, 0.5) is 4.79 Å². The van der Waals surface area contributed by atoms with Gasteiger partial charge < -0.3 is 20.1 Å². The summed E-state index contributed by atoms with van der Waals surface area (Å²) in [6.45, 7) is 2.25. The first-order valence-corrected chi connectivity index (χ1v) is 4.22. The minimum atomic E-state index is -1.06. The number of carbonyl (C=O) groups excluding carboxylic acids is 1. The molecule has 0 aliphatic heterocycles. The van der Waals surface area contributed by atoms with Gasteiger partial charge >= 0.3 is 12.0 Å². The van der Waals surface area contributed by atoms with Gasteiger partial charge in [0.15, 0.2) is 0 Å². The highest BCUT2D eigenvalue weighted by Crippen LogP contribution is 1.88. The normalized spacial score (nSPS) is 11.9. The summed E-state index contributed by atoms with van der Waals surface area (Å²) in [5.41, 5.74) is 0. The molecule has 82 valence electrons. The molecule has 0 spiro atoms. The van der Waals surface area contributed by atoms with Crippen molar-refractivity contribution in [3.05, 3.63) is 0 Å². The lowest BCUT2D eigenvalue weighted by Crippen LogP contribution is -2.45. The molecule has 0 aromatic rings. The van der Waals surface area contributed by atoms with Gasteiger partial charge in [-0.05, 0) is 6.92 Å². The third-order valence-corrected chi connectivity index (χ3v) is 1.69. The predicted octanol–water partition coefficient (Wildman–Crippen LogP) is -0.253. The van der Waals surface area contributed by atoms with Crippen molar-refractivity contribution >= 4 is 12.0 Å². The molecule has 6 heteroatoms. The van der Waals surface area contributed by atoms with Crippen molar-refractivity contribution in [3.8, 4) is 0 Å². The van der Waals surface area contributed by atoms with E-state index >= 15 is 0 Å². The summed E-state index contributed by atoms with van der Waals surface area (Å²) in [5, 5.41) is 10.9. The number of amides is 2. The summed E-state index contributed by atoms with van der Waals surface area (Å²) in [5.74, 6) is -1.06. The van der Waals surface area contributed by atoms with Crippen LogP contribution in [0, 0.1) is 0 Å². The molecule has 0 aliphatic carbocycles.